The number of halogens is 3. The van der Waals surface area contributed by atoms with Crippen molar-refractivity contribution in [1.29, 1.82) is 0 Å². The first-order chi connectivity index (χ1) is 9.63. The second-order valence-electron chi connectivity index (χ2n) is 4.12. The number of benzene rings is 1. The molecule has 0 fully saturated rings. The fraction of sp³-hybridized carbons (Fsp3) is 0.154. The molecule has 1 aliphatic rings. The highest BCUT2D eigenvalue weighted by atomic mass is 79.9. The number of aromatic nitrogens is 1. The van der Waals surface area contributed by atoms with Gasteiger partial charge in [-0.2, -0.15) is 0 Å². The van der Waals surface area contributed by atoms with E-state index in [1.807, 2.05) is 12.1 Å². The summed E-state index contributed by atoms with van der Waals surface area (Å²) in [5, 5.41) is 3.83. The van der Waals surface area contributed by atoms with Crippen molar-refractivity contribution in [1.82, 2.24) is 4.98 Å². The SMILES string of the molecule is Clc1cc2c(cc1NCc1ncc(Br)cc1Br)OCO2. The van der Waals surface area contributed by atoms with E-state index < -0.39 is 0 Å². The maximum atomic E-state index is 6.20. The first-order valence-corrected chi connectivity index (χ1v) is 7.73. The van der Waals surface area contributed by atoms with Crippen molar-refractivity contribution < 1.29 is 9.47 Å². The van der Waals surface area contributed by atoms with Crippen LogP contribution in [0.4, 0.5) is 5.69 Å². The van der Waals surface area contributed by atoms with E-state index in [1.54, 1.807) is 12.3 Å². The van der Waals surface area contributed by atoms with Crippen LogP contribution < -0.4 is 14.8 Å². The van der Waals surface area contributed by atoms with Gasteiger partial charge < -0.3 is 14.8 Å². The van der Waals surface area contributed by atoms with Gasteiger partial charge >= 0.3 is 0 Å². The molecular weight excluding hydrogens is 411 g/mol. The Morgan fingerprint density at radius 2 is 1.95 bits per heavy atom. The second kappa shape index (κ2) is 5.79. The lowest BCUT2D eigenvalue weighted by Crippen LogP contribution is -2.03. The highest BCUT2D eigenvalue weighted by Gasteiger charge is 2.16. The van der Waals surface area contributed by atoms with Crippen LogP contribution in [0.25, 0.3) is 0 Å². The zero-order valence-electron chi connectivity index (χ0n) is 10.1. The molecule has 0 saturated carbocycles. The number of fused-ring (bicyclic) bond motifs is 1. The summed E-state index contributed by atoms with van der Waals surface area (Å²) in [4.78, 5) is 4.34. The van der Waals surface area contributed by atoms with Crippen LogP contribution in [0.1, 0.15) is 5.69 Å². The van der Waals surface area contributed by atoms with Gasteiger partial charge in [-0.15, -0.1) is 0 Å². The van der Waals surface area contributed by atoms with Gasteiger partial charge in [0.15, 0.2) is 11.5 Å². The molecule has 2 aromatic rings. The van der Waals surface area contributed by atoms with E-state index in [2.05, 4.69) is 42.2 Å². The van der Waals surface area contributed by atoms with E-state index in [0.717, 1.165) is 20.3 Å². The summed E-state index contributed by atoms with van der Waals surface area (Å²) in [6.07, 6.45) is 1.75. The predicted octanol–water partition coefficient (Wildman–Crippen LogP) is 4.60. The van der Waals surface area contributed by atoms with Crippen LogP contribution in [0.5, 0.6) is 11.5 Å². The molecule has 1 aromatic heterocycles. The number of rotatable bonds is 3. The second-order valence-corrected chi connectivity index (χ2v) is 6.30. The molecule has 1 aromatic carbocycles. The van der Waals surface area contributed by atoms with E-state index in [-0.39, 0.29) is 6.79 Å². The Kier molecular flexibility index (Phi) is 4.05. The van der Waals surface area contributed by atoms with Gasteiger partial charge in [-0.3, -0.25) is 4.98 Å². The molecular formula is C13H9Br2ClN2O2. The number of anilines is 1. The third-order valence-corrected chi connectivity index (χ3v) is 4.23. The van der Waals surface area contributed by atoms with Crippen LogP contribution in [0.15, 0.2) is 33.3 Å². The normalized spacial score (nSPS) is 12.6. The maximum Gasteiger partial charge on any atom is 0.231 e. The summed E-state index contributed by atoms with van der Waals surface area (Å²) in [7, 11) is 0. The van der Waals surface area contributed by atoms with Crippen LogP contribution in [0, 0.1) is 0 Å². The molecule has 0 saturated heterocycles. The summed E-state index contributed by atoms with van der Waals surface area (Å²) in [5.74, 6) is 1.36. The van der Waals surface area contributed by atoms with Crippen molar-refractivity contribution in [2.45, 2.75) is 6.54 Å². The standard InChI is InChI=1S/C13H9Br2ClN2O2/c14-7-1-8(15)11(17-4-7)5-18-10-3-13-12(2-9(10)16)19-6-20-13/h1-4,18H,5-6H2. The molecule has 4 nitrogen and oxygen atoms in total. The molecule has 0 amide bonds. The number of hydrogen-bond donors (Lipinski definition) is 1. The Balaban J connectivity index is 1.78. The van der Waals surface area contributed by atoms with Gasteiger partial charge in [0.05, 0.1) is 22.9 Å². The van der Waals surface area contributed by atoms with Crippen molar-refractivity contribution >= 4 is 49.1 Å². The molecule has 104 valence electrons. The van der Waals surface area contributed by atoms with Crippen LogP contribution in [0.3, 0.4) is 0 Å². The predicted molar refractivity (Wildman–Crippen MR) is 84.5 cm³/mol. The summed E-state index contributed by atoms with van der Waals surface area (Å²) >= 11 is 13.1. The summed E-state index contributed by atoms with van der Waals surface area (Å²) in [6.45, 7) is 0.780. The molecule has 0 radical (unpaired) electrons. The molecule has 0 atom stereocenters. The van der Waals surface area contributed by atoms with Crippen LogP contribution in [-0.4, -0.2) is 11.8 Å². The number of hydrogen-bond acceptors (Lipinski definition) is 4. The molecule has 0 bridgehead atoms. The Bertz CT molecular complexity index is 667. The molecule has 7 heteroatoms. The van der Waals surface area contributed by atoms with Gasteiger partial charge in [0.1, 0.15) is 0 Å². The Morgan fingerprint density at radius 1 is 1.20 bits per heavy atom. The van der Waals surface area contributed by atoms with E-state index in [0.29, 0.717) is 23.1 Å². The molecule has 2 heterocycles. The molecule has 20 heavy (non-hydrogen) atoms. The lowest BCUT2D eigenvalue weighted by Gasteiger charge is -2.10. The fourth-order valence-electron chi connectivity index (χ4n) is 1.80. The third-order valence-electron chi connectivity index (χ3n) is 2.79. The van der Waals surface area contributed by atoms with Crippen molar-refractivity contribution in [3.8, 4) is 11.5 Å². The fourth-order valence-corrected chi connectivity index (χ4v) is 3.15. The Labute approximate surface area is 137 Å². The van der Waals surface area contributed by atoms with Crippen molar-refractivity contribution in [2.24, 2.45) is 0 Å². The van der Waals surface area contributed by atoms with Crippen LogP contribution in [-0.2, 0) is 6.54 Å². The lowest BCUT2D eigenvalue weighted by molar-refractivity contribution is 0.174. The lowest BCUT2D eigenvalue weighted by atomic mass is 10.2. The minimum absolute atomic E-state index is 0.231. The van der Waals surface area contributed by atoms with E-state index in [1.165, 1.54) is 0 Å². The minimum Gasteiger partial charge on any atom is -0.454 e. The van der Waals surface area contributed by atoms with Gasteiger partial charge in [-0.1, -0.05) is 11.6 Å². The average molecular weight is 420 g/mol. The monoisotopic (exact) mass is 418 g/mol. The number of nitrogens with zero attached hydrogens (tertiary/aromatic N) is 1. The largest absolute Gasteiger partial charge is 0.454 e. The quantitative estimate of drug-likeness (QED) is 0.788. The highest BCUT2D eigenvalue weighted by molar-refractivity contribution is 9.11. The van der Waals surface area contributed by atoms with Gasteiger partial charge in [-0.05, 0) is 37.9 Å². The zero-order chi connectivity index (χ0) is 14.1. The summed E-state index contributed by atoms with van der Waals surface area (Å²) < 4.78 is 12.5. The number of ether oxygens (including phenoxy) is 2. The topological polar surface area (TPSA) is 43.4 Å². The molecule has 3 rings (SSSR count). The first-order valence-electron chi connectivity index (χ1n) is 5.76. The van der Waals surface area contributed by atoms with Crippen molar-refractivity contribution in [3.63, 3.8) is 0 Å². The van der Waals surface area contributed by atoms with Crippen LogP contribution >= 0.6 is 43.5 Å². The van der Waals surface area contributed by atoms with Crippen molar-refractivity contribution in [2.75, 3.05) is 12.1 Å². The zero-order valence-corrected chi connectivity index (χ0v) is 14.0. The maximum absolute atomic E-state index is 6.20. The summed E-state index contributed by atoms with van der Waals surface area (Å²) in [6, 6.07) is 5.53. The van der Waals surface area contributed by atoms with Gasteiger partial charge in [0.25, 0.3) is 0 Å². The van der Waals surface area contributed by atoms with Crippen LogP contribution in [0.2, 0.25) is 5.02 Å². The first kappa shape index (κ1) is 14.0. The van der Waals surface area contributed by atoms with Gasteiger partial charge in [0, 0.05) is 27.3 Å². The van der Waals surface area contributed by atoms with Gasteiger partial charge in [-0.25, -0.2) is 0 Å². The van der Waals surface area contributed by atoms with E-state index in [9.17, 15) is 0 Å². The van der Waals surface area contributed by atoms with Crippen molar-refractivity contribution in [3.05, 3.63) is 44.1 Å². The van der Waals surface area contributed by atoms with Gasteiger partial charge in [0.2, 0.25) is 6.79 Å². The Morgan fingerprint density at radius 3 is 2.70 bits per heavy atom. The number of nitrogens with one attached hydrogen (secondary N) is 1. The summed E-state index contributed by atoms with van der Waals surface area (Å²) in [5.41, 5.74) is 1.68. The van der Waals surface area contributed by atoms with E-state index >= 15 is 0 Å². The average Bonchev–Trinajstić information content (AvgIpc) is 2.84. The third kappa shape index (κ3) is 2.87. The molecule has 1 aliphatic heterocycles. The Hall–Kier alpha value is -0.980. The van der Waals surface area contributed by atoms with E-state index in [4.69, 9.17) is 21.1 Å². The highest BCUT2D eigenvalue weighted by Crippen LogP contribution is 2.39. The molecule has 0 spiro atoms. The smallest absolute Gasteiger partial charge is 0.231 e. The molecule has 1 N–H and O–H groups in total. The minimum atomic E-state index is 0.231. The number of pyridine rings is 1. The molecule has 0 unspecified atom stereocenters. The molecule has 0 aliphatic carbocycles.